The van der Waals surface area contributed by atoms with E-state index in [4.69, 9.17) is 23.2 Å². The molecule has 0 saturated carbocycles. The average molecular weight is 317 g/mol. The predicted molar refractivity (Wildman–Crippen MR) is 87.3 cm³/mol. The minimum Gasteiger partial charge on any atom is -0.204 e. The molecular weight excluding hydrogens is 306 g/mol. The number of rotatable bonds is 2. The van der Waals surface area contributed by atoms with E-state index in [0.29, 0.717) is 5.56 Å². The molecule has 0 spiro atoms. The lowest BCUT2D eigenvalue weighted by atomic mass is 9.94. The first-order chi connectivity index (χ1) is 10.2. The van der Waals surface area contributed by atoms with Crippen molar-refractivity contribution < 1.29 is 4.39 Å². The molecule has 0 bridgehead atoms. The van der Waals surface area contributed by atoms with Crippen LogP contribution in [0.3, 0.4) is 0 Å². The van der Waals surface area contributed by atoms with E-state index < -0.39 is 5.82 Å². The molecule has 0 fully saturated rings. The van der Waals surface area contributed by atoms with Crippen LogP contribution in [0.4, 0.5) is 4.39 Å². The normalized spacial score (nSPS) is 10.6. The zero-order valence-corrected chi connectivity index (χ0v) is 12.5. The summed E-state index contributed by atoms with van der Waals surface area (Å²) in [5.41, 5.74) is 3.28. The molecule has 0 aliphatic carbocycles. The quantitative estimate of drug-likeness (QED) is 0.475. The van der Waals surface area contributed by atoms with Gasteiger partial charge in [-0.05, 0) is 22.8 Å². The molecule has 0 radical (unpaired) electrons. The molecule has 3 aromatic rings. The second-order valence-corrected chi connectivity index (χ2v) is 5.43. The van der Waals surface area contributed by atoms with Crippen LogP contribution in [0.2, 0.25) is 10.0 Å². The summed E-state index contributed by atoms with van der Waals surface area (Å²) in [7, 11) is 0. The van der Waals surface area contributed by atoms with Crippen molar-refractivity contribution in [3.05, 3.63) is 82.6 Å². The second kappa shape index (κ2) is 5.88. The summed E-state index contributed by atoms with van der Waals surface area (Å²) < 4.78 is 14.1. The summed E-state index contributed by atoms with van der Waals surface area (Å²) in [6, 6.07) is 20.8. The van der Waals surface area contributed by atoms with Gasteiger partial charge in [0, 0.05) is 5.56 Å². The molecule has 0 amide bonds. The van der Waals surface area contributed by atoms with Gasteiger partial charge in [-0.2, -0.15) is 0 Å². The number of hydrogen-bond donors (Lipinski definition) is 0. The molecule has 0 N–H and O–H groups in total. The van der Waals surface area contributed by atoms with Crippen molar-refractivity contribution in [2.45, 2.75) is 0 Å². The van der Waals surface area contributed by atoms with Crippen molar-refractivity contribution in [1.82, 2.24) is 0 Å². The van der Waals surface area contributed by atoms with Crippen LogP contribution in [0.5, 0.6) is 0 Å². The van der Waals surface area contributed by atoms with Gasteiger partial charge in [-0.25, -0.2) is 4.39 Å². The van der Waals surface area contributed by atoms with Gasteiger partial charge in [0.2, 0.25) is 0 Å². The standard InChI is InChI=1S/C18H11Cl2F/c19-15-11-14(12-7-3-1-4-8-12)16(17(20)18(15)21)13-9-5-2-6-10-13/h1-11H. The molecular formula is C18H11Cl2F. The van der Waals surface area contributed by atoms with Crippen molar-refractivity contribution in [3.63, 3.8) is 0 Å². The summed E-state index contributed by atoms with van der Waals surface area (Å²) >= 11 is 12.2. The molecule has 0 atom stereocenters. The Morgan fingerprint density at radius 2 is 1.24 bits per heavy atom. The van der Waals surface area contributed by atoms with Gasteiger partial charge in [-0.15, -0.1) is 0 Å². The Hall–Kier alpha value is -1.83. The molecule has 3 rings (SSSR count). The van der Waals surface area contributed by atoms with Gasteiger partial charge in [0.15, 0.2) is 5.82 Å². The minimum atomic E-state index is -0.586. The van der Waals surface area contributed by atoms with Crippen molar-refractivity contribution in [2.24, 2.45) is 0 Å². The van der Waals surface area contributed by atoms with Crippen LogP contribution in [0.1, 0.15) is 0 Å². The Kier molecular flexibility index (Phi) is 3.96. The molecule has 3 aromatic carbocycles. The Morgan fingerprint density at radius 3 is 1.81 bits per heavy atom. The molecule has 21 heavy (non-hydrogen) atoms. The van der Waals surface area contributed by atoms with Gasteiger partial charge in [0.25, 0.3) is 0 Å². The van der Waals surface area contributed by atoms with Crippen LogP contribution in [0.25, 0.3) is 22.3 Å². The SMILES string of the molecule is Fc1c(Cl)cc(-c2ccccc2)c(-c2ccccc2)c1Cl. The molecule has 0 aliphatic heterocycles. The minimum absolute atomic E-state index is 0.0264. The maximum absolute atomic E-state index is 14.1. The largest absolute Gasteiger partial charge is 0.204 e. The van der Waals surface area contributed by atoms with E-state index in [1.54, 1.807) is 6.07 Å². The summed E-state index contributed by atoms with van der Waals surface area (Å²) in [5.74, 6) is -0.586. The monoisotopic (exact) mass is 316 g/mol. The molecule has 0 heterocycles. The van der Waals surface area contributed by atoms with Crippen LogP contribution < -0.4 is 0 Å². The van der Waals surface area contributed by atoms with Crippen molar-refractivity contribution in [1.29, 1.82) is 0 Å². The maximum Gasteiger partial charge on any atom is 0.161 e. The van der Waals surface area contributed by atoms with Crippen LogP contribution in [0.15, 0.2) is 66.7 Å². The van der Waals surface area contributed by atoms with Crippen LogP contribution in [-0.2, 0) is 0 Å². The van der Waals surface area contributed by atoms with Crippen LogP contribution in [0, 0.1) is 5.82 Å². The highest BCUT2D eigenvalue weighted by Crippen LogP contribution is 2.41. The Labute approximate surface area is 132 Å². The predicted octanol–water partition coefficient (Wildman–Crippen LogP) is 6.47. The van der Waals surface area contributed by atoms with E-state index in [9.17, 15) is 4.39 Å². The third kappa shape index (κ3) is 2.67. The average Bonchev–Trinajstić information content (AvgIpc) is 2.54. The van der Waals surface area contributed by atoms with E-state index in [-0.39, 0.29) is 10.0 Å². The topological polar surface area (TPSA) is 0 Å². The first-order valence-electron chi connectivity index (χ1n) is 6.47. The van der Waals surface area contributed by atoms with Gasteiger partial charge >= 0.3 is 0 Å². The lowest BCUT2D eigenvalue weighted by Gasteiger charge is -2.14. The fourth-order valence-corrected chi connectivity index (χ4v) is 2.89. The Balaban J connectivity index is 2.34. The first kappa shape index (κ1) is 14.1. The fraction of sp³-hybridized carbons (Fsp3) is 0. The highest BCUT2D eigenvalue weighted by atomic mass is 35.5. The highest BCUT2D eigenvalue weighted by Gasteiger charge is 2.18. The molecule has 0 aromatic heterocycles. The molecule has 0 saturated heterocycles. The van der Waals surface area contributed by atoms with E-state index in [1.165, 1.54) is 0 Å². The second-order valence-electron chi connectivity index (χ2n) is 4.64. The lowest BCUT2D eigenvalue weighted by molar-refractivity contribution is 0.629. The van der Waals surface area contributed by atoms with Crippen LogP contribution in [-0.4, -0.2) is 0 Å². The van der Waals surface area contributed by atoms with Gasteiger partial charge in [-0.1, -0.05) is 83.9 Å². The third-order valence-corrected chi connectivity index (χ3v) is 3.94. The lowest BCUT2D eigenvalue weighted by Crippen LogP contribution is -1.91. The Morgan fingerprint density at radius 1 is 0.714 bits per heavy atom. The van der Waals surface area contributed by atoms with E-state index in [0.717, 1.165) is 16.7 Å². The summed E-state index contributed by atoms with van der Waals surface area (Å²) in [4.78, 5) is 0. The van der Waals surface area contributed by atoms with Crippen LogP contribution >= 0.6 is 23.2 Å². The fourth-order valence-electron chi connectivity index (χ4n) is 2.33. The van der Waals surface area contributed by atoms with Gasteiger partial charge < -0.3 is 0 Å². The maximum atomic E-state index is 14.1. The summed E-state index contributed by atoms with van der Waals surface area (Å²) in [5, 5.41) is 0.0751. The zero-order chi connectivity index (χ0) is 14.8. The number of benzene rings is 3. The van der Waals surface area contributed by atoms with E-state index >= 15 is 0 Å². The van der Waals surface area contributed by atoms with Gasteiger partial charge in [-0.3, -0.25) is 0 Å². The van der Waals surface area contributed by atoms with E-state index in [1.807, 2.05) is 60.7 Å². The summed E-state index contributed by atoms with van der Waals surface area (Å²) in [6.07, 6.45) is 0. The third-order valence-electron chi connectivity index (χ3n) is 3.31. The van der Waals surface area contributed by atoms with Gasteiger partial charge in [0.05, 0.1) is 10.0 Å². The van der Waals surface area contributed by atoms with Crippen molar-refractivity contribution in [3.8, 4) is 22.3 Å². The number of halogens is 3. The highest BCUT2D eigenvalue weighted by molar-refractivity contribution is 6.37. The van der Waals surface area contributed by atoms with Crippen molar-refractivity contribution in [2.75, 3.05) is 0 Å². The Bertz CT molecular complexity index is 768. The van der Waals surface area contributed by atoms with Crippen molar-refractivity contribution >= 4 is 23.2 Å². The summed E-state index contributed by atoms with van der Waals surface area (Å²) in [6.45, 7) is 0. The van der Waals surface area contributed by atoms with E-state index in [2.05, 4.69) is 0 Å². The first-order valence-corrected chi connectivity index (χ1v) is 7.22. The molecule has 3 heteroatoms. The molecule has 0 unspecified atom stereocenters. The molecule has 104 valence electrons. The molecule has 0 nitrogen and oxygen atoms in total. The smallest absolute Gasteiger partial charge is 0.161 e. The zero-order valence-electron chi connectivity index (χ0n) is 11.0. The van der Waals surface area contributed by atoms with Gasteiger partial charge in [0.1, 0.15) is 0 Å². The number of hydrogen-bond acceptors (Lipinski definition) is 0. The molecule has 0 aliphatic rings.